The average molecular weight is 185 g/mol. The molecule has 0 atom stereocenters. The zero-order valence-corrected chi connectivity index (χ0v) is 8.55. The molecule has 1 N–H and O–H groups in total. The molecule has 0 bridgehead atoms. The Morgan fingerprint density at radius 2 is 2.31 bits per heavy atom. The first kappa shape index (κ1) is 10.5. The van der Waals surface area contributed by atoms with Crippen LogP contribution < -0.4 is 5.32 Å². The van der Waals surface area contributed by atoms with E-state index in [1.54, 1.807) is 0 Å². The van der Waals surface area contributed by atoms with E-state index >= 15 is 0 Å². The molecule has 0 radical (unpaired) electrons. The van der Waals surface area contributed by atoms with Crippen molar-refractivity contribution in [2.45, 2.75) is 6.42 Å². The van der Waals surface area contributed by atoms with Gasteiger partial charge in [0, 0.05) is 19.6 Å². The van der Waals surface area contributed by atoms with Crippen LogP contribution >= 0.6 is 0 Å². The molecule has 0 aromatic rings. The molecular weight excluding hydrogens is 166 g/mol. The minimum absolute atomic E-state index is 0.241. The summed E-state index contributed by atoms with van der Waals surface area (Å²) >= 11 is 0. The van der Waals surface area contributed by atoms with Gasteiger partial charge in [0.1, 0.15) is 0 Å². The average Bonchev–Trinajstić information content (AvgIpc) is 2.08. The molecule has 1 heterocycles. The van der Waals surface area contributed by atoms with Gasteiger partial charge in [0.15, 0.2) is 0 Å². The van der Waals surface area contributed by atoms with Crippen molar-refractivity contribution in [2.75, 3.05) is 46.8 Å². The Labute approximate surface area is 79.9 Å². The second-order valence-electron chi connectivity index (χ2n) is 3.71. The quantitative estimate of drug-likeness (QED) is 0.633. The van der Waals surface area contributed by atoms with Crippen molar-refractivity contribution in [1.29, 1.82) is 0 Å². The van der Waals surface area contributed by atoms with E-state index in [0.29, 0.717) is 6.54 Å². The van der Waals surface area contributed by atoms with Gasteiger partial charge >= 0.3 is 0 Å². The lowest BCUT2D eigenvalue weighted by molar-refractivity contribution is -0.131. The first-order valence-corrected chi connectivity index (χ1v) is 4.83. The van der Waals surface area contributed by atoms with Crippen molar-refractivity contribution in [2.24, 2.45) is 0 Å². The molecule has 1 amide bonds. The Hall–Kier alpha value is -0.610. The summed E-state index contributed by atoms with van der Waals surface area (Å²) in [5.74, 6) is 0.241. The van der Waals surface area contributed by atoms with Gasteiger partial charge in [0.2, 0.25) is 5.91 Å². The standard InChI is InChI=1S/C9H19N3O/c1-11(2)5-3-6-12-7-4-10-8-9(12)13/h10H,3-8H2,1-2H3. The van der Waals surface area contributed by atoms with Crippen molar-refractivity contribution in [3.63, 3.8) is 0 Å². The van der Waals surface area contributed by atoms with E-state index in [1.807, 2.05) is 4.90 Å². The molecule has 1 rings (SSSR count). The van der Waals surface area contributed by atoms with Crippen molar-refractivity contribution in [3.8, 4) is 0 Å². The summed E-state index contributed by atoms with van der Waals surface area (Å²) in [7, 11) is 4.11. The van der Waals surface area contributed by atoms with E-state index in [2.05, 4.69) is 24.3 Å². The summed E-state index contributed by atoms with van der Waals surface area (Å²) in [6.07, 6.45) is 1.07. The van der Waals surface area contributed by atoms with Gasteiger partial charge in [-0.25, -0.2) is 0 Å². The highest BCUT2D eigenvalue weighted by molar-refractivity contribution is 5.78. The largest absolute Gasteiger partial charge is 0.340 e. The summed E-state index contributed by atoms with van der Waals surface area (Å²) in [5, 5.41) is 3.06. The molecule has 0 aromatic carbocycles. The first-order valence-electron chi connectivity index (χ1n) is 4.83. The van der Waals surface area contributed by atoms with Crippen LogP contribution in [0.1, 0.15) is 6.42 Å². The van der Waals surface area contributed by atoms with Gasteiger partial charge in [0.25, 0.3) is 0 Å². The lowest BCUT2D eigenvalue weighted by atomic mass is 10.3. The molecule has 1 aliphatic heterocycles. The summed E-state index contributed by atoms with van der Waals surface area (Å²) in [4.78, 5) is 15.4. The van der Waals surface area contributed by atoms with Crippen LogP contribution in [-0.4, -0.2) is 62.5 Å². The number of hydrogen-bond acceptors (Lipinski definition) is 3. The lowest BCUT2D eigenvalue weighted by Crippen LogP contribution is -2.48. The van der Waals surface area contributed by atoms with Crippen LogP contribution in [-0.2, 0) is 4.79 Å². The molecule has 0 spiro atoms. The summed E-state index contributed by atoms with van der Waals surface area (Å²) in [6.45, 7) is 4.28. The van der Waals surface area contributed by atoms with Crippen LogP contribution in [0, 0.1) is 0 Å². The minimum atomic E-state index is 0.241. The predicted octanol–water partition coefficient (Wildman–Crippen LogP) is -0.630. The Bertz CT molecular complexity index is 170. The topological polar surface area (TPSA) is 35.6 Å². The van der Waals surface area contributed by atoms with Gasteiger partial charge in [0.05, 0.1) is 6.54 Å². The van der Waals surface area contributed by atoms with Crippen molar-refractivity contribution < 1.29 is 4.79 Å². The van der Waals surface area contributed by atoms with E-state index in [-0.39, 0.29) is 5.91 Å². The fourth-order valence-corrected chi connectivity index (χ4v) is 1.46. The maximum Gasteiger partial charge on any atom is 0.236 e. The molecule has 0 aliphatic carbocycles. The highest BCUT2D eigenvalue weighted by atomic mass is 16.2. The second kappa shape index (κ2) is 5.19. The molecule has 0 unspecified atom stereocenters. The first-order chi connectivity index (χ1) is 6.20. The summed E-state index contributed by atoms with van der Waals surface area (Å²) in [5.41, 5.74) is 0. The molecule has 0 saturated carbocycles. The molecule has 0 aromatic heterocycles. The number of nitrogens with one attached hydrogen (secondary N) is 1. The van der Waals surface area contributed by atoms with Crippen LogP contribution in [0.2, 0.25) is 0 Å². The molecule has 1 fully saturated rings. The SMILES string of the molecule is CN(C)CCCN1CCNCC1=O. The number of hydrogen-bond donors (Lipinski definition) is 1. The highest BCUT2D eigenvalue weighted by Crippen LogP contribution is 1.96. The van der Waals surface area contributed by atoms with Gasteiger partial charge in [-0.2, -0.15) is 0 Å². The van der Waals surface area contributed by atoms with Crippen molar-refractivity contribution >= 4 is 5.91 Å². The Kier molecular flexibility index (Phi) is 4.18. The smallest absolute Gasteiger partial charge is 0.236 e. The Morgan fingerprint density at radius 3 is 2.92 bits per heavy atom. The number of rotatable bonds is 4. The number of nitrogens with zero attached hydrogens (tertiary/aromatic N) is 2. The second-order valence-corrected chi connectivity index (χ2v) is 3.71. The van der Waals surface area contributed by atoms with Gasteiger partial charge in [-0.15, -0.1) is 0 Å². The van der Waals surface area contributed by atoms with Gasteiger partial charge in [-0.05, 0) is 27.1 Å². The lowest BCUT2D eigenvalue weighted by Gasteiger charge is -2.27. The van der Waals surface area contributed by atoms with Crippen LogP contribution in [0.3, 0.4) is 0 Å². The van der Waals surface area contributed by atoms with Crippen LogP contribution in [0.4, 0.5) is 0 Å². The van der Waals surface area contributed by atoms with E-state index in [0.717, 1.165) is 32.6 Å². The third-order valence-electron chi connectivity index (χ3n) is 2.22. The van der Waals surface area contributed by atoms with Crippen LogP contribution in [0.15, 0.2) is 0 Å². The normalized spacial score (nSPS) is 18.4. The summed E-state index contributed by atoms with van der Waals surface area (Å²) in [6, 6.07) is 0. The number of piperazine rings is 1. The number of carbonyl (C=O) groups excluding carboxylic acids is 1. The molecule has 76 valence electrons. The highest BCUT2D eigenvalue weighted by Gasteiger charge is 2.16. The fraction of sp³-hybridized carbons (Fsp3) is 0.889. The summed E-state index contributed by atoms with van der Waals surface area (Å²) < 4.78 is 0. The maximum absolute atomic E-state index is 11.3. The van der Waals surface area contributed by atoms with Crippen LogP contribution in [0.5, 0.6) is 0 Å². The Balaban J connectivity index is 2.15. The van der Waals surface area contributed by atoms with Gasteiger partial charge < -0.3 is 15.1 Å². The minimum Gasteiger partial charge on any atom is -0.340 e. The van der Waals surface area contributed by atoms with Crippen molar-refractivity contribution in [1.82, 2.24) is 15.1 Å². The third-order valence-corrected chi connectivity index (χ3v) is 2.22. The molecule has 1 saturated heterocycles. The zero-order chi connectivity index (χ0) is 9.68. The molecule has 1 aliphatic rings. The molecule has 4 nitrogen and oxygen atoms in total. The van der Waals surface area contributed by atoms with E-state index < -0.39 is 0 Å². The predicted molar refractivity (Wildman–Crippen MR) is 52.6 cm³/mol. The molecule has 13 heavy (non-hydrogen) atoms. The van der Waals surface area contributed by atoms with Crippen LogP contribution in [0.25, 0.3) is 0 Å². The number of carbonyl (C=O) groups is 1. The fourth-order valence-electron chi connectivity index (χ4n) is 1.46. The molecule has 4 heteroatoms. The van der Waals surface area contributed by atoms with Gasteiger partial charge in [-0.3, -0.25) is 4.79 Å². The Morgan fingerprint density at radius 1 is 1.54 bits per heavy atom. The third kappa shape index (κ3) is 3.74. The molecular formula is C9H19N3O. The van der Waals surface area contributed by atoms with Crippen molar-refractivity contribution in [3.05, 3.63) is 0 Å². The van der Waals surface area contributed by atoms with E-state index in [4.69, 9.17) is 0 Å². The maximum atomic E-state index is 11.3. The number of amides is 1. The zero-order valence-electron chi connectivity index (χ0n) is 8.55. The monoisotopic (exact) mass is 185 g/mol. The van der Waals surface area contributed by atoms with E-state index in [9.17, 15) is 4.79 Å². The van der Waals surface area contributed by atoms with Gasteiger partial charge in [-0.1, -0.05) is 0 Å². The van der Waals surface area contributed by atoms with E-state index in [1.165, 1.54) is 0 Å².